The highest BCUT2D eigenvalue weighted by atomic mass is 19.3. The number of halogens is 2. The largest absolute Gasteiger partial charge is 0.355 e. The third-order valence-corrected chi connectivity index (χ3v) is 5.30. The van der Waals surface area contributed by atoms with Gasteiger partial charge < -0.3 is 4.90 Å². The van der Waals surface area contributed by atoms with Crippen molar-refractivity contribution in [2.24, 2.45) is 5.92 Å². The SMILES string of the molecule is Cc1ccc(C#N)c(N2CC[C@@H](C)C(c3cc(C(F)F)nc4ncnn34)C2)n1. The van der Waals surface area contributed by atoms with Crippen molar-refractivity contribution in [2.75, 3.05) is 18.0 Å². The van der Waals surface area contributed by atoms with Crippen molar-refractivity contribution >= 4 is 11.6 Å². The standard InChI is InChI=1S/C19H19F2N7/c1-11-5-6-27(18-13(8-22)4-3-12(2)25-18)9-14(11)16-7-15(17(20)21)26-19-23-10-24-28(16)19/h3-4,7,10-11,14,17H,5-6,9H2,1-2H3/t11-,14?/m1/s1. The molecule has 0 amide bonds. The van der Waals surface area contributed by atoms with Gasteiger partial charge in [-0.2, -0.15) is 15.3 Å². The lowest BCUT2D eigenvalue weighted by Gasteiger charge is -2.38. The van der Waals surface area contributed by atoms with E-state index in [0.29, 0.717) is 23.6 Å². The molecule has 3 aromatic heterocycles. The van der Waals surface area contributed by atoms with Crippen LogP contribution in [-0.4, -0.2) is 37.7 Å². The van der Waals surface area contributed by atoms with E-state index >= 15 is 0 Å². The van der Waals surface area contributed by atoms with Crippen LogP contribution in [0.25, 0.3) is 5.78 Å². The van der Waals surface area contributed by atoms with Crippen LogP contribution in [0.4, 0.5) is 14.6 Å². The maximum absolute atomic E-state index is 13.4. The Hall–Kier alpha value is -3.15. The Morgan fingerprint density at radius 3 is 2.86 bits per heavy atom. The topological polar surface area (TPSA) is 83.0 Å². The van der Waals surface area contributed by atoms with E-state index in [9.17, 15) is 14.0 Å². The van der Waals surface area contributed by atoms with E-state index in [1.807, 2.05) is 13.0 Å². The number of pyridine rings is 1. The van der Waals surface area contributed by atoms with E-state index < -0.39 is 6.43 Å². The van der Waals surface area contributed by atoms with Gasteiger partial charge >= 0.3 is 0 Å². The van der Waals surface area contributed by atoms with E-state index in [-0.39, 0.29) is 23.3 Å². The molecule has 0 bridgehead atoms. The zero-order valence-electron chi connectivity index (χ0n) is 15.5. The first-order chi connectivity index (χ1) is 13.5. The smallest absolute Gasteiger partial charge is 0.280 e. The van der Waals surface area contributed by atoms with E-state index in [0.717, 1.165) is 18.7 Å². The number of nitrogens with zero attached hydrogens (tertiary/aromatic N) is 7. The highest BCUT2D eigenvalue weighted by Gasteiger charge is 2.32. The number of hydrogen-bond donors (Lipinski definition) is 0. The number of alkyl halides is 2. The molecule has 7 nitrogen and oxygen atoms in total. The summed E-state index contributed by atoms with van der Waals surface area (Å²) in [5, 5.41) is 13.6. The summed E-state index contributed by atoms with van der Waals surface area (Å²) < 4.78 is 28.2. The lowest BCUT2D eigenvalue weighted by atomic mass is 9.84. The van der Waals surface area contributed by atoms with E-state index in [4.69, 9.17) is 0 Å². The number of aryl methyl sites for hydroxylation is 1. The Morgan fingerprint density at radius 1 is 1.29 bits per heavy atom. The number of rotatable bonds is 3. The molecule has 0 N–H and O–H groups in total. The summed E-state index contributed by atoms with van der Waals surface area (Å²) >= 11 is 0. The van der Waals surface area contributed by atoms with Gasteiger partial charge in [-0.15, -0.1) is 0 Å². The van der Waals surface area contributed by atoms with Gasteiger partial charge in [0.15, 0.2) is 0 Å². The summed E-state index contributed by atoms with van der Waals surface area (Å²) in [4.78, 5) is 14.5. The zero-order valence-corrected chi connectivity index (χ0v) is 15.5. The third-order valence-electron chi connectivity index (χ3n) is 5.30. The summed E-state index contributed by atoms with van der Waals surface area (Å²) in [7, 11) is 0. The number of anilines is 1. The summed E-state index contributed by atoms with van der Waals surface area (Å²) in [5.41, 5.74) is 1.69. The average molecular weight is 383 g/mol. The summed E-state index contributed by atoms with van der Waals surface area (Å²) in [6.07, 6.45) is -0.519. The molecule has 4 rings (SSSR count). The highest BCUT2D eigenvalue weighted by Crippen LogP contribution is 2.35. The van der Waals surface area contributed by atoms with Crippen molar-refractivity contribution in [3.05, 3.63) is 47.2 Å². The predicted octanol–water partition coefficient (Wildman–Crippen LogP) is 3.27. The molecule has 144 valence electrons. The maximum atomic E-state index is 13.4. The molecule has 2 atom stereocenters. The van der Waals surface area contributed by atoms with Crippen LogP contribution in [0, 0.1) is 24.2 Å². The normalized spacial score (nSPS) is 19.9. The van der Waals surface area contributed by atoms with Gasteiger partial charge in [-0.25, -0.2) is 23.3 Å². The van der Waals surface area contributed by atoms with Gasteiger partial charge in [-0.1, -0.05) is 6.92 Å². The minimum Gasteiger partial charge on any atom is -0.355 e. The van der Waals surface area contributed by atoms with Crippen molar-refractivity contribution in [3.8, 4) is 6.07 Å². The Labute approximate surface area is 160 Å². The molecule has 0 spiro atoms. The lowest BCUT2D eigenvalue weighted by molar-refractivity contribution is 0.146. The first-order valence-electron chi connectivity index (χ1n) is 9.09. The fourth-order valence-electron chi connectivity index (χ4n) is 3.75. The van der Waals surface area contributed by atoms with Gasteiger partial charge in [0.25, 0.3) is 12.2 Å². The zero-order chi connectivity index (χ0) is 19.8. The second-order valence-corrected chi connectivity index (χ2v) is 7.13. The Morgan fingerprint density at radius 2 is 2.11 bits per heavy atom. The fourth-order valence-corrected chi connectivity index (χ4v) is 3.75. The quantitative estimate of drug-likeness (QED) is 0.690. The maximum Gasteiger partial charge on any atom is 0.280 e. The van der Waals surface area contributed by atoms with Crippen LogP contribution in [-0.2, 0) is 0 Å². The van der Waals surface area contributed by atoms with Crippen molar-refractivity contribution in [2.45, 2.75) is 32.6 Å². The van der Waals surface area contributed by atoms with Crippen molar-refractivity contribution < 1.29 is 8.78 Å². The van der Waals surface area contributed by atoms with Gasteiger partial charge in [-0.3, -0.25) is 0 Å². The van der Waals surface area contributed by atoms with Gasteiger partial charge in [0.2, 0.25) is 0 Å². The first-order valence-corrected chi connectivity index (χ1v) is 9.09. The molecule has 1 aliphatic heterocycles. The van der Waals surface area contributed by atoms with Crippen LogP contribution in [0.1, 0.15) is 48.3 Å². The number of fused-ring (bicyclic) bond motifs is 1. The monoisotopic (exact) mass is 383 g/mol. The fraction of sp³-hybridized carbons (Fsp3) is 0.421. The number of nitriles is 1. The van der Waals surface area contributed by atoms with Crippen LogP contribution >= 0.6 is 0 Å². The number of aromatic nitrogens is 5. The van der Waals surface area contributed by atoms with Gasteiger partial charge in [0.1, 0.15) is 23.9 Å². The highest BCUT2D eigenvalue weighted by molar-refractivity contribution is 5.55. The van der Waals surface area contributed by atoms with Crippen LogP contribution in [0.2, 0.25) is 0 Å². The second-order valence-electron chi connectivity index (χ2n) is 7.13. The predicted molar refractivity (Wildman–Crippen MR) is 98.2 cm³/mol. The Bertz CT molecular complexity index is 1060. The third kappa shape index (κ3) is 3.15. The molecule has 0 aliphatic carbocycles. The summed E-state index contributed by atoms with van der Waals surface area (Å²) in [5.74, 6) is 0.972. The second kappa shape index (κ2) is 7.11. The lowest BCUT2D eigenvalue weighted by Crippen LogP contribution is -2.40. The molecule has 1 aliphatic rings. The molecule has 3 aromatic rings. The van der Waals surface area contributed by atoms with Crippen LogP contribution in [0.3, 0.4) is 0 Å². The average Bonchev–Trinajstić information content (AvgIpc) is 3.16. The molecule has 1 unspecified atom stereocenters. The van der Waals surface area contributed by atoms with E-state index in [2.05, 4.69) is 37.9 Å². The molecule has 9 heteroatoms. The molecular formula is C19H19F2N7. The first kappa shape index (κ1) is 18.2. The number of piperidine rings is 1. The van der Waals surface area contributed by atoms with Crippen molar-refractivity contribution in [1.29, 1.82) is 5.26 Å². The van der Waals surface area contributed by atoms with Crippen LogP contribution in [0.15, 0.2) is 24.5 Å². The van der Waals surface area contributed by atoms with Gasteiger partial charge in [-0.05, 0) is 37.5 Å². The molecule has 1 fully saturated rings. The Balaban J connectivity index is 1.76. The van der Waals surface area contributed by atoms with Crippen LogP contribution < -0.4 is 4.90 Å². The molecular weight excluding hydrogens is 364 g/mol. The van der Waals surface area contributed by atoms with E-state index in [1.165, 1.54) is 16.9 Å². The minimum atomic E-state index is -2.68. The summed E-state index contributed by atoms with van der Waals surface area (Å²) in [6, 6.07) is 7.19. The van der Waals surface area contributed by atoms with Gasteiger partial charge in [0, 0.05) is 24.7 Å². The number of hydrogen-bond acceptors (Lipinski definition) is 6. The molecule has 1 saturated heterocycles. The molecule has 4 heterocycles. The molecule has 28 heavy (non-hydrogen) atoms. The molecule has 0 saturated carbocycles. The van der Waals surface area contributed by atoms with Gasteiger partial charge in [0.05, 0.1) is 11.3 Å². The van der Waals surface area contributed by atoms with Crippen molar-refractivity contribution in [1.82, 2.24) is 24.6 Å². The summed E-state index contributed by atoms with van der Waals surface area (Å²) in [6.45, 7) is 5.28. The minimum absolute atomic E-state index is 0.0766. The van der Waals surface area contributed by atoms with E-state index in [1.54, 1.807) is 6.07 Å². The molecule has 0 aromatic carbocycles. The Kier molecular flexibility index (Phi) is 4.63. The van der Waals surface area contributed by atoms with Crippen molar-refractivity contribution in [3.63, 3.8) is 0 Å². The van der Waals surface area contributed by atoms with Crippen LogP contribution in [0.5, 0.6) is 0 Å². The molecule has 0 radical (unpaired) electrons.